The first-order valence-corrected chi connectivity index (χ1v) is 11.6. The summed E-state index contributed by atoms with van der Waals surface area (Å²) in [5, 5.41) is 14.3. The number of aliphatic hydroxyl groups is 1. The molecule has 0 atom stereocenters. The molecule has 4 aromatic rings. The van der Waals surface area contributed by atoms with Crippen molar-refractivity contribution in [2.45, 2.75) is 43.7 Å². The van der Waals surface area contributed by atoms with Gasteiger partial charge in [0.05, 0.1) is 17.6 Å². The average molecular weight is 458 g/mol. The van der Waals surface area contributed by atoms with Crippen LogP contribution in [0.1, 0.15) is 37.3 Å². The average Bonchev–Trinajstić information content (AvgIpc) is 3.30. The summed E-state index contributed by atoms with van der Waals surface area (Å²) in [6.07, 6.45) is 7.25. The van der Waals surface area contributed by atoms with E-state index in [0.29, 0.717) is 30.9 Å². The van der Waals surface area contributed by atoms with E-state index >= 15 is 0 Å². The molecule has 2 aromatic carbocycles. The lowest BCUT2D eigenvalue weighted by atomic mass is 9.78. The molecule has 0 spiro atoms. The van der Waals surface area contributed by atoms with Crippen LogP contribution in [0.15, 0.2) is 73.2 Å². The highest BCUT2D eigenvalue weighted by atomic mass is 19.1. The molecule has 1 fully saturated rings. The Morgan fingerprint density at radius 2 is 1.76 bits per heavy atom. The van der Waals surface area contributed by atoms with E-state index in [-0.39, 0.29) is 11.9 Å². The largest absolute Gasteiger partial charge is 0.390 e. The minimum atomic E-state index is -0.707. The van der Waals surface area contributed by atoms with Gasteiger partial charge >= 0.3 is 0 Å². The van der Waals surface area contributed by atoms with Crippen molar-refractivity contribution in [2.75, 3.05) is 12.4 Å². The number of benzene rings is 2. The zero-order chi connectivity index (χ0) is 23.5. The summed E-state index contributed by atoms with van der Waals surface area (Å²) in [5.41, 5.74) is 2.79. The van der Waals surface area contributed by atoms with Crippen LogP contribution >= 0.6 is 0 Å². The zero-order valence-electron chi connectivity index (χ0n) is 19.2. The molecular formula is C27H28FN5O. The second-order valence-corrected chi connectivity index (χ2v) is 8.99. The highest BCUT2D eigenvalue weighted by molar-refractivity contribution is 5.75. The van der Waals surface area contributed by atoms with Crippen LogP contribution in [0, 0.1) is 5.82 Å². The number of hydrogen-bond donors (Lipinski definition) is 2. The van der Waals surface area contributed by atoms with Crippen molar-refractivity contribution in [3.63, 3.8) is 0 Å². The third-order valence-electron chi connectivity index (χ3n) is 6.69. The molecule has 5 rings (SSSR count). The first kappa shape index (κ1) is 22.2. The van der Waals surface area contributed by atoms with Crippen molar-refractivity contribution in [3.05, 3.63) is 84.6 Å². The summed E-state index contributed by atoms with van der Waals surface area (Å²) >= 11 is 0. The van der Waals surface area contributed by atoms with Crippen LogP contribution in [0.2, 0.25) is 0 Å². The molecular weight excluding hydrogens is 429 g/mol. The van der Waals surface area contributed by atoms with E-state index in [2.05, 4.69) is 32.0 Å². The summed E-state index contributed by atoms with van der Waals surface area (Å²) in [6, 6.07) is 18.5. The number of imidazole rings is 1. The van der Waals surface area contributed by atoms with E-state index in [1.807, 2.05) is 37.6 Å². The third kappa shape index (κ3) is 4.56. The number of nitrogens with one attached hydrogen (secondary N) is 1. The van der Waals surface area contributed by atoms with Crippen LogP contribution in [-0.4, -0.2) is 37.3 Å². The van der Waals surface area contributed by atoms with E-state index in [0.717, 1.165) is 35.4 Å². The second-order valence-electron chi connectivity index (χ2n) is 8.99. The van der Waals surface area contributed by atoms with Crippen molar-refractivity contribution in [1.29, 1.82) is 0 Å². The molecule has 7 heteroatoms. The van der Waals surface area contributed by atoms with Gasteiger partial charge in [-0.25, -0.2) is 19.3 Å². The van der Waals surface area contributed by atoms with E-state index < -0.39 is 5.60 Å². The highest BCUT2D eigenvalue weighted by Gasteiger charge is 2.35. The lowest BCUT2D eigenvalue weighted by Crippen LogP contribution is -2.36. The van der Waals surface area contributed by atoms with Crippen LogP contribution in [0.25, 0.3) is 22.8 Å². The minimum Gasteiger partial charge on any atom is -0.390 e. The van der Waals surface area contributed by atoms with E-state index in [9.17, 15) is 9.50 Å². The molecule has 34 heavy (non-hydrogen) atoms. The van der Waals surface area contributed by atoms with Gasteiger partial charge in [-0.15, -0.1) is 0 Å². The molecule has 174 valence electrons. The maximum atomic E-state index is 13.6. The topological polar surface area (TPSA) is 75.9 Å². The normalized spacial score (nSPS) is 20.3. The molecule has 1 aliphatic carbocycles. The van der Waals surface area contributed by atoms with Crippen molar-refractivity contribution in [2.24, 2.45) is 0 Å². The molecule has 0 unspecified atom stereocenters. The van der Waals surface area contributed by atoms with Crippen LogP contribution in [0.3, 0.4) is 0 Å². The van der Waals surface area contributed by atoms with Crippen LogP contribution < -0.4 is 5.32 Å². The van der Waals surface area contributed by atoms with Gasteiger partial charge in [0.2, 0.25) is 0 Å². The van der Waals surface area contributed by atoms with Gasteiger partial charge in [0.1, 0.15) is 17.3 Å². The molecule has 2 heterocycles. The standard InChI is InChI=1S/C27H28FN5O/c1-29-23-13-16-30-26(32-23)25-24(20-7-9-21(28)10-8-20)31-18-33(25)22-11-14-27(34,15-12-22)17-19-5-3-2-4-6-19/h2-10,13,16,18,22,34H,11-12,14-15,17H2,1H3,(H,29,30,32). The number of rotatable bonds is 6. The van der Waals surface area contributed by atoms with E-state index in [4.69, 9.17) is 4.98 Å². The quantitative estimate of drug-likeness (QED) is 0.412. The fourth-order valence-corrected chi connectivity index (χ4v) is 4.86. The molecule has 0 radical (unpaired) electrons. The van der Waals surface area contributed by atoms with Gasteiger partial charge in [0.25, 0.3) is 0 Å². The maximum absolute atomic E-state index is 13.6. The van der Waals surface area contributed by atoms with Gasteiger partial charge in [0, 0.05) is 31.3 Å². The third-order valence-corrected chi connectivity index (χ3v) is 6.69. The van der Waals surface area contributed by atoms with Crippen LogP contribution in [0.5, 0.6) is 0 Å². The summed E-state index contributed by atoms with van der Waals surface area (Å²) in [6.45, 7) is 0. The first-order valence-electron chi connectivity index (χ1n) is 11.6. The number of halogens is 1. The summed E-state index contributed by atoms with van der Waals surface area (Å²) in [4.78, 5) is 13.9. The molecule has 1 saturated carbocycles. The molecule has 2 aromatic heterocycles. The number of anilines is 1. The Bertz CT molecular complexity index is 1250. The Morgan fingerprint density at radius 3 is 2.47 bits per heavy atom. The molecule has 0 aliphatic heterocycles. The lowest BCUT2D eigenvalue weighted by molar-refractivity contribution is -0.00689. The van der Waals surface area contributed by atoms with E-state index in [1.165, 1.54) is 12.1 Å². The predicted octanol–water partition coefficient (Wildman–Crippen LogP) is 5.28. The Morgan fingerprint density at radius 1 is 1.03 bits per heavy atom. The summed E-state index contributed by atoms with van der Waals surface area (Å²) < 4.78 is 15.7. The molecule has 0 bridgehead atoms. The molecule has 0 saturated heterocycles. The summed E-state index contributed by atoms with van der Waals surface area (Å²) in [7, 11) is 1.82. The van der Waals surface area contributed by atoms with Crippen molar-refractivity contribution in [1.82, 2.24) is 19.5 Å². The van der Waals surface area contributed by atoms with Crippen molar-refractivity contribution >= 4 is 5.82 Å². The number of nitrogens with zero attached hydrogens (tertiary/aromatic N) is 4. The maximum Gasteiger partial charge on any atom is 0.180 e. The smallest absolute Gasteiger partial charge is 0.180 e. The Labute approximate surface area is 198 Å². The predicted molar refractivity (Wildman–Crippen MR) is 131 cm³/mol. The Kier molecular flexibility index (Phi) is 6.11. The number of hydrogen-bond acceptors (Lipinski definition) is 5. The van der Waals surface area contributed by atoms with Gasteiger partial charge in [-0.05, 0) is 61.6 Å². The lowest BCUT2D eigenvalue weighted by Gasteiger charge is -2.37. The van der Waals surface area contributed by atoms with Crippen LogP contribution in [-0.2, 0) is 6.42 Å². The fourth-order valence-electron chi connectivity index (χ4n) is 4.86. The second kappa shape index (κ2) is 9.35. The summed E-state index contributed by atoms with van der Waals surface area (Å²) in [5.74, 6) is 0.987. The number of aromatic nitrogens is 4. The van der Waals surface area contributed by atoms with Crippen LogP contribution in [0.4, 0.5) is 10.2 Å². The van der Waals surface area contributed by atoms with E-state index in [1.54, 1.807) is 18.3 Å². The highest BCUT2D eigenvalue weighted by Crippen LogP contribution is 2.40. The SMILES string of the molecule is CNc1ccnc(-c2c(-c3ccc(F)cc3)ncn2C2CCC(O)(Cc3ccccc3)CC2)n1. The Hall–Kier alpha value is -3.58. The fraction of sp³-hybridized carbons (Fsp3) is 0.296. The van der Waals surface area contributed by atoms with Crippen molar-refractivity contribution in [3.8, 4) is 22.8 Å². The van der Waals surface area contributed by atoms with Gasteiger partial charge in [-0.2, -0.15) is 0 Å². The van der Waals surface area contributed by atoms with Gasteiger partial charge in [-0.3, -0.25) is 0 Å². The molecule has 1 aliphatic rings. The van der Waals surface area contributed by atoms with Gasteiger partial charge < -0.3 is 15.0 Å². The molecule has 2 N–H and O–H groups in total. The Balaban J connectivity index is 1.46. The van der Waals surface area contributed by atoms with Crippen molar-refractivity contribution < 1.29 is 9.50 Å². The minimum absolute atomic E-state index is 0.162. The molecule has 6 nitrogen and oxygen atoms in total. The van der Waals surface area contributed by atoms with Gasteiger partial charge in [0.15, 0.2) is 5.82 Å². The zero-order valence-corrected chi connectivity index (χ0v) is 19.2. The van der Waals surface area contributed by atoms with Gasteiger partial charge in [-0.1, -0.05) is 30.3 Å². The monoisotopic (exact) mass is 457 g/mol. The molecule has 0 amide bonds. The first-order chi connectivity index (χ1) is 16.5.